The Kier molecular flexibility index (Phi) is 9.55. The van der Waals surface area contributed by atoms with Gasteiger partial charge in [-0.1, -0.05) is 19.1 Å². The normalized spacial score (nSPS) is 12.8. The second kappa shape index (κ2) is 11.2. The van der Waals surface area contributed by atoms with Crippen LogP contribution in [0.15, 0.2) is 29.3 Å². The molecule has 0 aromatic heterocycles. The average Bonchev–Trinajstić information content (AvgIpc) is 2.57. The van der Waals surface area contributed by atoms with Gasteiger partial charge in [-0.2, -0.15) is 11.8 Å². The third-order valence-corrected chi connectivity index (χ3v) is 4.29. The Balaban J connectivity index is 2.28. The molecule has 5 heteroatoms. The number of thioether (sulfide) groups is 1. The van der Waals surface area contributed by atoms with Crippen molar-refractivity contribution in [3.05, 3.63) is 29.8 Å². The monoisotopic (exact) mass is 323 g/mol. The molecule has 1 atom stereocenters. The fraction of sp³-hybridized carbons (Fsp3) is 0.588. The Bertz CT molecular complexity index is 434. The lowest BCUT2D eigenvalue weighted by Crippen LogP contribution is -2.38. The predicted octanol–water partition coefficient (Wildman–Crippen LogP) is 3.11. The van der Waals surface area contributed by atoms with Crippen molar-refractivity contribution < 1.29 is 4.74 Å². The summed E-state index contributed by atoms with van der Waals surface area (Å²) in [5.41, 5.74) is 1.34. The maximum absolute atomic E-state index is 5.19. The Labute approximate surface area is 139 Å². The van der Waals surface area contributed by atoms with Gasteiger partial charge in [0.2, 0.25) is 0 Å². The van der Waals surface area contributed by atoms with Crippen molar-refractivity contribution >= 4 is 17.7 Å². The topological polar surface area (TPSA) is 45.7 Å². The smallest absolute Gasteiger partial charge is 0.190 e. The molecular weight excluding hydrogens is 294 g/mol. The largest absolute Gasteiger partial charge is 0.497 e. The SMILES string of the molecule is CN=C(NCCCSC)NCCC(C)c1ccc(OC)cc1. The second-order valence-corrected chi connectivity index (χ2v) is 6.22. The number of hydrogen-bond donors (Lipinski definition) is 2. The van der Waals surface area contributed by atoms with Crippen molar-refractivity contribution in [2.75, 3.05) is 39.3 Å². The lowest BCUT2D eigenvalue weighted by atomic mass is 9.98. The zero-order valence-electron chi connectivity index (χ0n) is 14.2. The number of nitrogens with zero attached hydrogens (tertiary/aromatic N) is 1. The summed E-state index contributed by atoms with van der Waals surface area (Å²) in [5.74, 6) is 3.48. The van der Waals surface area contributed by atoms with Crippen molar-refractivity contribution in [3.8, 4) is 5.75 Å². The molecule has 1 aromatic carbocycles. The first-order valence-electron chi connectivity index (χ1n) is 7.78. The summed E-state index contributed by atoms with van der Waals surface area (Å²) in [5, 5.41) is 6.72. The van der Waals surface area contributed by atoms with E-state index in [1.807, 2.05) is 30.9 Å². The van der Waals surface area contributed by atoms with E-state index in [0.717, 1.165) is 37.6 Å². The molecule has 1 rings (SSSR count). The molecular formula is C17H29N3OS. The molecule has 0 aliphatic rings. The highest BCUT2D eigenvalue weighted by molar-refractivity contribution is 7.98. The van der Waals surface area contributed by atoms with Crippen molar-refractivity contribution in [1.29, 1.82) is 0 Å². The predicted molar refractivity (Wildman–Crippen MR) is 98.4 cm³/mol. The third kappa shape index (κ3) is 7.07. The summed E-state index contributed by atoms with van der Waals surface area (Å²) in [6, 6.07) is 8.31. The maximum atomic E-state index is 5.19. The van der Waals surface area contributed by atoms with E-state index >= 15 is 0 Å². The highest BCUT2D eigenvalue weighted by Crippen LogP contribution is 2.21. The zero-order chi connectivity index (χ0) is 16.2. The number of rotatable bonds is 9. The minimum Gasteiger partial charge on any atom is -0.497 e. The molecule has 1 aromatic rings. The van der Waals surface area contributed by atoms with Gasteiger partial charge in [-0.25, -0.2) is 0 Å². The van der Waals surface area contributed by atoms with E-state index in [2.05, 4.69) is 40.9 Å². The molecule has 0 saturated carbocycles. The van der Waals surface area contributed by atoms with E-state index in [9.17, 15) is 0 Å². The number of ether oxygens (including phenoxy) is 1. The minimum atomic E-state index is 0.507. The van der Waals surface area contributed by atoms with Gasteiger partial charge in [0.25, 0.3) is 0 Å². The van der Waals surface area contributed by atoms with Gasteiger partial charge in [-0.05, 0) is 48.5 Å². The Hall–Kier alpha value is -1.36. The van der Waals surface area contributed by atoms with Crippen LogP contribution >= 0.6 is 11.8 Å². The first-order valence-corrected chi connectivity index (χ1v) is 9.18. The lowest BCUT2D eigenvalue weighted by Gasteiger charge is -2.15. The number of benzene rings is 1. The number of aliphatic imine (C=N–C) groups is 1. The number of hydrogen-bond acceptors (Lipinski definition) is 3. The van der Waals surface area contributed by atoms with Crippen LogP contribution < -0.4 is 15.4 Å². The van der Waals surface area contributed by atoms with E-state index in [-0.39, 0.29) is 0 Å². The number of guanidine groups is 1. The quantitative estimate of drug-likeness (QED) is 0.416. The van der Waals surface area contributed by atoms with Gasteiger partial charge in [0.1, 0.15) is 5.75 Å². The van der Waals surface area contributed by atoms with Crippen molar-refractivity contribution in [3.63, 3.8) is 0 Å². The highest BCUT2D eigenvalue weighted by atomic mass is 32.2. The Morgan fingerprint density at radius 1 is 1.23 bits per heavy atom. The van der Waals surface area contributed by atoms with Crippen LogP contribution in [0.25, 0.3) is 0 Å². The summed E-state index contributed by atoms with van der Waals surface area (Å²) < 4.78 is 5.19. The molecule has 0 bridgehead atoms. The molecule has 0 amide bonds. The maximum Gasteiger partial charge on any atom is 0.190 e. The molecule has 22 heavy (non-hydrogen) atoms. The molecule has 0 spiro atoms. The van der Waals surface area contributed by atoms with Gasteiger partial charge in [0, 0.05) is 20.1 Å². The third-order valence-electron chi connectivity index (χ3n) is 3.60. The van der Waals surface area contributed by atoms with Crippen molar-refractivity contribution in [2.24, 2.45) is 4.99 Å². The van der Waals surface area contributed by atoms with Crippen LogP contribution in [0.1, 0.15) is 31.2 Å². The van der Waals surface area contributed by atoms with Crippen LogP contribution in [0, 0.1) is 0 Å². The number of methoxy groups -OCH3 is 1. The van der Waals surface area contributed by atoms with Crippen LogP contribution in [0.2, 0.25) is 0 Å². The summed E-state index contributed by atoms with van der Waals surface area (Å²) in [6.07, 6.45) is 4.36. The average molecular weight is 324 g/mol. The molecule has 4 nitrogen and oxygen atoms in total. The molecule has 124 valence electrons. The fourth-order valence-electron chi connectivity index (χ4n) is 2.15. The first kappa shape index (κ1) is 18.7. The molecule has 0 aliphatic heterocycles. The Morgan fingerprint density at radius 3 is 2.50 bits per heavy atom. The minimum absolute atomic E-state index is 0.507. The highest BCUT2D eigenvalue weighted by Gasteiger charge is 2.06. The summed E-state index contributed by atoms with van der Waals surface area (Å²) >= 11 is 1.87. The van der Waals surface area contributed by atoms with Crippen LogP contribution in [-0.4, -0.2) is 45.2 Å². The molecule has 0 heterocycles. The standard InChI is InChI=1S/C17H29N3OS/c1-14(15-6-8-16(21-3)9-7-15)10-12-20-17(18-2)19-11-5-13-22-4/h6-9,14H,5,10-13H2,1-4H3,(H2,18,19,20). The van der Waals surface area contributed by atoms with E-state index in [1.165, 1.54) is 11.3 Å². The first-order chi connectivity index (χ1) is 10.7. The van der Waals surface area contributed by atoms with Gasteiger partial charge < -0.3 is 15.4 Å². The molecule has 0 radical (unpaired) electrons. The van der Waals surface area contributed by atoms with Crippen LogP contribution in [-0.2, 0) is 0 Å². The lowest BCUT2D eigenvalue weighted by molar-refractivity contribution is 0.414. The molecule has 0 aliphatic carbocycles. The zero-order valence-corrected chi connectivity index (χ0v) is 15.0. The van der Waals surface area contributed by atoms with Crippen molar-refractivity contribution in [2.45, 2.75) is 25.7 Å². The van der Waals surface area contributed by atoms with Gasteiger partial charge in [0.15, 0.2) is 5.96 Å². The van der Waals surface area contributed by atoms with Gasteiger partial charge in [-0.15, -0.1) is 0 Å². The van der Waals surface area contributed by atoms with Gasteiger partial charge in [-0.3, -0.25) is 4.99 Å². The second-order valence-electron chi connectivity index (χ2n) is 5.24. The van der Waals surface area contributed by atoms with Crippen LogP contribution in [0.3, 0.4) is 0 Å². The number of nitrogens with one attached hydrogen (secondary N) is 2. The molecule has 1 unspecified atom stereocenters. The van der Waals surface area contributed by atoms with Crippen LogP contribution in [0.4, 0.5) is 0 Å². The van der Waals surface area contributed by atoms with E-state index in [4.69, 9.17) is 4.74 Å². The summed E-state index contributed by atoms with van der Waals surface area (Å²) in [6.45, 7) is 4.13. The Morgan fingerprint density at radius 2 is 1.91 bits per heavy atom. The van der Waals surface area contributed by atoms with Gasteiger partial charge in [0.05, 0.1) is 7.11 Å². The van der Waals surface area contributed by atoms with E-state index in [1.54, 1.807) is 7.11 Å². The van der Waals surface area contributed by atoms with E-state index < -0.39 is 0 Å². The molecule has 0 saturated heterocycles. The van der Waals surface area contributed by atoms with Gasteiger partial charge >= 0.3 is 0 Å². The van der Waals surface area contributed by atoms with Crippen LogP contribution in [0.5, 0.6) is 5.75 Å². The fourth-order valence-corrected chi connectivity index (χ4v) is 2.58. The molecule has 2 N–H and O–H groups in total. The summed E-state index contributed by atoms with van der Waals surface area (Å²) in [4.78, 5) is 4.25. The van der Waals surface area contributed by atoms with E-state index in [0.29, 0.717) is 5.92 Å². The van der Waals surface area contributed by atoms with Crippen molar-refractivity contribution in [1.82, 2.24) is 10.6 Å². The molecule has 0 fully saturated rings. The summed E-state index contributed by atoms with van der Waals surface area (Å²) in [7, 11) is 3.51.